The van der Waals surface area contributed by atoms with Gasteiger partial charge in [-0.05, 0) is 24.4 Å². The lowest BCUT2D eigenvalue weighted by atomic mass is 10.2. The maximum atomic E-state index is 12.6. The molecule has 1 aromatic carbocycles. The van der Waals surface area contributed by atoms with Gasteiger partial charge < -0.3 is 5.32 Å². The first kappa shape index (κ1) is 19.2. The zero-order chi connectivity index (χ0) is 20.2. The van der Waals surface area contributed by atoms with E-state index in [-0.39, 0.29) is 11.5 Å². The van der Waals surface area contributed by atoms with Crippen LogP contribution >= 0.6 is 22.7 Å². The number of rotatable bonds is 6. The van der Waals surface area contributed by atoms with E-state index in [4.69, 9.17) is 0 Å². The lowest BCUT2D eigenvalue weighted by Gasteiger charge is -2.14. The Kier molecular flexibility index (Phi) is 5.64. The van der Waals surface area contributed by atoms with Crippen LogP contribution in [0.2, 0.25) is 0 Å². The molecule has 1 atom stereocenters. The van der Waals surface area contributed by atoms with E-state index in [1.54, 1.807) is 13.0 Å². The number of thiophene rings is 1. The molecule has 0 bridgehead atoms. The van der Waals surface area contributed by atoms with Crippen molar-refractivity contribution in [3.05, 3.63) is 81.4 Å². The number of thiazole rings is 1. The Hall–Kier alpha value is -3.10. The first-order valence-electron chi connectivity index (χ1n) is 9.03. The molecule has 0 radical (unpaired) electrons. The third-order valence-electron chi connectivity index (χ3n) is 4.36. The molecule has 0 fully saturated rings. The highest BCUT2D eigenvalue weighted by molar-refractivity contribution is 7.13. The number of hydrogen-bond donors (Lipinski definition) is 1. The summed E-state index contributed by atoms with van der Waals surface area (Å²) in [7, 11) is 0. The molecule has 8 heteroatoms. The largest absolute Gasteiger partial charge is 0.349 e. The van der Waals surface area contributed by atoms with Crippen molar-refractivity contribution >= 4 is 28.6 Å². The van der Waals surface area contributed by atoms with Gasteiger partial charge in [0, 0.05) is 17.0 Å². The summed E-state index contributed by atoms with van der Waals surface area (Å²) in [5.74, 6) is -0.280. The van der Waals surface area contributed by atoms with Crippen LogP contribution in [0.4, 0.5) is 0 Å². The topological polar surface area (TPSA) is 76.9 Å². The van der Waals surface area contributed by atoms with Crippen LogP contribution in [0.1, 0.15) is 18.7 Å². The normalized spacial score (nSPS) is 11.9. The Morgan fingerprint density at radius 1 is 1.10 bits per heavy atom. The molecular weight excluding hydrogens is 404 g/mol. The van der Waals surface area contributed by atoms with Crippen molar-refractivity contribution < 1.29 is 4.79 Å². The first-order valence-corrected chi connectivity index (χ1v) is 10.8. The summed E-state index contributed by atoms with van der Waals surface area (Å²) in [5.41, 5.74) is 2.19. The molecule has 3 heterocycles. The van der Waals surface area contributed by atoms with E-state index in [2.05, 4.69) is 15.4 Å². The Bertz CT molecular complexity index is 1170. The fraction of sp³-hybridized carbons (Fsp3) is 0.143. The molecule has 1 unspecified atom stereocenters. The molecular formula is C21H18N4O2S2. The summed E-state index contributed by atoms with van der Waals surface area (Å²) in [5, 5.41) is 12.0. The van der Waals surface area contributed by atoms with E-state index >= 15 is 0 Å². The minimum absolute atomic E-state index is 0.280. The van der Waals surface area contributed by atoms with Gasteiger partial charge >= 0.3 is 0 Å². The third-order valence-corrected chi connectivity index (χ3v) is 6.19. The zero-order valence-corrected chi connectivity index (χ0v) is 17.2. The van der Waals surface area contributed by atoms with Gasteiger partial charge in [0.25, 0.3) is 5.56 Å². The summed E-state index contributed by atoms with van der Waals surface area (Å²) >= 11 is 3.07. The van der Waals surface area contributed by atoms with Gasteiger partial charge in [0.15, 0.2) is 0 Å². The van der Waals surface area contributed by atoms with E-state index in [1.165, 1.54) is 33.4 Å². The molecule has 3 aromatic heterocycles. The van der Waals surface area contributed by atoms with Crippen LogP contribution in [0.5, 0.6) is 0 Å². The van der Waals surface area contributed by atoms with E-state index in [9.17, 15) is 9.59 Å². The van der Waals surface area contributed by atoms with Crippen molar-refractivity contribution in [2.75, 3.05) is 0 Å². The van der Waals surface area contributed by atoms with Crippen molar-refractivity contribution in [1.82, 2.24) is 20.1 Å². The van der Waals surface area contributed by atoms with Crippen LogP contribution < -0.4 is 10.9 Å². The minimum atomic E-state index is -0.727. The number of nitrogens with one attached hydrogen (secondary N) is 1. The van der Waals surface area contributed by atoms with Gasteiger partial charge in [0.2, 0.25) is 5.91 Å². The van der Waals surface area contributed by atoms with Gasteiger partial charge in [0.1, 0.15) is 16.7 Å². The smallest absolute Gasteiger partial charge is 0.267 e. The maximum absolute atomic E-state index is 12.6. The second kappa shape index (κ2) is 8.50. The highest BCUT2D eigenvalue weighted by Crippen LogP contribution is 2.23. The number of hydrogen-bond acceptors (Lipinski definition) is 6. The molecule has 1 amide bonds. The number of amides is 1. The summed E-state index contributed by atoms with van der Waals surface area (Å²) in [4.78, 5) is 30.4. The van der Waals surface area contributed by atoms with Crippen molar-refractivity contribution in [1.29, 1.82) is 0 Å². The molecule has 1 N–H and O–H groups in total. The van der Waals surface area contributed by atoms with Crippen LogP contribution in [0, 0.1) is 0 Å². The lowest BCUT2D eigenvalue weighted by molar-refractivity contribution is -0.124. The predicted octanol–water partition coefficient (Wildman–Crippen LogP) is 3.97. The molecule has 0 aliphatic heterocycles. The van der Waals surface area contributed by atoms with Gasteiger partial charge in [-0.15, -0.1) is 22.7 Å². The second-order valence-electron chi connectivity index (χ2n) is 6.38. The van der Waals surface area contributed by atoms with E-state index in [0.717, 1.165) is 21.1 Å². The number of nitrogens with zero attached hydrogens (tertiary/aromatic N) is 3. The molecule has 0 spiro atoms. The van der Waals surface area contributed by atoms with E-state index in [1.807, 2.05) is 53.2 Å². The molecule has 0 aliphatic carbocycles. The standard InChI is InChI=1S/C21H18N4O2S2/c1-14(25-19(26)10-9-17(24-25)18-8-5-11-28-18)20(27)22-12-16-13-29-21(23-16)15-6-3-2-4-7-15/h2-11,13-14H,12H2,1H3,(H,22,27). The molecule has 0 saturated heterocycles. The fourth-order valence-corrected chi connectivity index (χ4v) is 4.31. The Morgan fingerprint density at radius 3 is 2.69 bits per heavy atom. The van der Waals surface area contributed by atoms with Gasteiger partial charge in [0.05, 0.1) is 17.1 Å². The summed E-state index contributed by atoms with van der Waals surface area (Å²) in [6, 6.07) is 16.1. The molecule has 4 rings (SSSR count). The lowest BCUT2D eigenvalue weighted by Crippen LogP contribution is -2.36. The maximum Gasteiger partial charge on any atom is 0.267 e. The van der Waals surface area contributed by atoms with Gasteiger partial charge in [-0.1, -0.05) is 36.4 Å². The second-order valence-corrected chi connectivity index (χ2v) is 8.19. The number of aromatic nitrogens is 3. The molecule has 29 heavy (non-hydrogen) atoms. The summed E-state index contributed by atoms with van der Waals surface area (Å²) in [6.07, 6.45) is 0. The Morgan fingerprint density at radius 2 is 1.93 bits per heavy atom. The minimum Gasteiger partial charge on any atom is -0.349 e. The van der Waals surface area contributed by atoms with Crippen molar-refractivity contribution in [3.8, 4) is 21.1 Å². The number of benzene rings is 1. The van der Waals surface area contributed by atoms with Crippen LogP contribution in [0.15, 0.2) is 70.2 Å². The van der Waals surface area contributed by atoms with Crippen LogP contribution in [-0.4, -0.2) is 20.7 Å². The van der Waals surface area contributed by atoms with Crippen molar-refractivity contribution in [2.45, 2.75) is 19.5 Å². The zero-order valence-electron chi connectivity index (χ0n) is 15.6. The monoisotopic (exact) mass is 422 g/mol. The molecule has 6 nitrogen and oxygen atoms in total. The molecule has 0 aliphatic rings. The quantitative estimate of drug-likeness (QED) is 0.510. The third kappa shape index (κ3) is 4.33. The Balaban J connectivity index is 1.45. The predicted molar refractivity (Wildman–Crippen MR) is 116 cm³/mol. The van der Waals surface area contributed by atoms with Crippen LogP contribution in [0.25, 0.3) is 21.1 Å². The van der Waals surface area contributed by atoms with E-state index in [0.29, 0.717) is 12.2 Å². The number of carbonyl (C=O) groups excluding carboxylic acids is 1. The summed E-state index contributed by atoms with van der Waals surface area (Å²) < 4.78 is 1.22. The van der Waals surface area contributed by atoms with Crippen molar-refractivity contribution in [2.24, 2.45) is 0 Å². The van der Waals surface area contributed by atoms with Crippen LogP contribution in [-0.2, 0) is 11.3 Å². The molecule has 146 valence electrons. The molecule has 4 aromatic rings. The van der Waals surface area contributed by atoms with Gasteiger partial charge in [-0.25, -0.2) is 9.67 Å². The average molecular weight is 423 g/mol. The first-order chi connectivity index (χ1) is 14.1. The molecule has 0 saturated carbocycles. The average Bonchev–Trinajstić information content (AvgIpc) is 3.45. The highest BCUT2D eigenvalue weighted by Gasteiger charge is 2.18. The fourth-order valence-electron chi connectivity index (χ4n) is 2.80. The van der Waals surface area contributed by atoms with E-state index < -0.39 is 6.04 Å². The number of carbonyl (C=O) groups is 1. The van der Waals surface area contributed by atoms with Crippen LogP contribution in [0.3, 0.4) is 0 Å². The SMILES string of the molecule is CC(C(=O)NCc1csc(-c2ccccc2)n1)n1nc(-c2cccs2)ccc1=O. The summed E-state index contributed by atoms with van der Waals surface area (Å²) in [6.45, 7) is 1.96. The highest BCUT2D eigenvalue weighted by atomic mass is 32.1. The van der Waals surface area contributed by atoms with Gasteiger partial charge in [-0.3, -0.25) is 9.59 Å². The Labute approximate surface area is 175 Å². The van der Waals surface area contributed by atoms with Crippen molar-refractivity contribution in [3.63, 3.8) is 0 Å². The van der Waals surface area contributed by atoms with Gasteiger partial charge in [-0.2, -0.15) is 5.10 Å².